The third-order valence-corrected chi connectivity index (χ3v) is 6.84. The summed E-state index contributed by atoms with van der Waals surface area (Å²) in [4.78, 5) is 0. The third-order valence-electron chi connectivity index (χ3n) is 6.84. The van der Waals surface area contributed by atoms with Crippen LogP contribution in [0.4, 0.5) is 26.3 Å². The van der Waals surface area contributed by atoms with E-state index in [-0.39, 0.29) is 24.7 Å². The monoisotopic (exact) mass is 524 g/mol. The number of benzene rings is 3. The highest BCUT2D eigenvalue weighted by Gasteiger charge is 2.37. The van der Waals surface area contributed by atoms with Crippen molar-refractivity contribution < 1.29 is 35.8 Å². The number of halogens is 6. The Kier molecular flexibility index (Phi) is 8.80. The molecule has 3 aromatic carbocycles. The van der Waals surface area contributed by atoms with Gasteiger partial charge < -0.3 is 9.47 Å². The number of unbranched alkanes of at least 4 members (excludes halogenated alkanes) is 1. The Morgan fingerprint density at radius 3 is 2.16 bits per heavy atom. The van der Waals surface area contributed by atoms with Crippen LogP contribution in [0, 0.1) is 23.4 Å². The van der Waals surface area contributed by atoms with Crippen LogP contribution in [0.3, 0.4) is 0 Å². The van der Waals surface area contributed by atoms with Gasteiger partial charge in [0, 0.05) is 17.7 Å². The molecule has 1 aliphatic heterocycles. The molecule has 4 rings (SSSR count). The lowest BCUT2D eigenvalue weighted by Crippen LogP contribution is -2.32. The van der Waals surface area contributed by atoms with Crippen molar-refractivity contribution in [2.24, 2.45) is 5.92 Å². The van der Waals surface area contributed by atoms with Crippen LogP contribution >= 0.6 is 0 Å². The van der Waals surface area contributed by atoms with Crippen molar-refractivity contribution in [3.8, 4) is 0 Å². The lowest BCUT2D eigenvalue weighted by atomic mass is 9.97. The molecule has 3 aromatic rings. The first kappa shape index (κ1) is 27.5. The molecule has 2 nitrogen and oxygen atoms in total. The van der Waals surface area contributed by atoms with Gasteiger partial charge in [0.25, 0.3) is 0 Å². The van der Waals surface area contributed by atoms with E-state index in [2.05, 4.69) is 6.92 Å². The van der Waals surface area contributed by atoms with Gasteiger partial charge in [-0.2, -0.15) is 13.2 Å². The van der Waals surface area contributed by atoms with Crippen LogP contribution in [0.1, 0.15) is 54.9 Å². The molecular weight excluding hydrogens is 494 g/mol. The van der Waals surface area contributed by atoms with Gasteiger partial charge in [0.05, 0.1) is 13.2 Å². The summed E-state index contributed by atoms with van der Waals surface area (Å²) in [5, 5.41) is 1.13. The lowest BCUT2D eigenvalue weighted by molar-refractivity contribution is -0.203. The molecule has 0 spiro atoms. The highest BCUT2D eigenvalue weighted by Crippen LogP contribution is 2.34. The first-order valence-corrected chi connectivity index (χ1v) is 12.6. The van der Waals surface area contributed by atoms with Crippen molar-refractivity contribution in [1.82, 2.24) is 0 Å². The summed E-state index contributed by atoms with van der Waals surface area (Å²) in [7, 11) is 0. The van der Waals surface area contributed by atoms with Crippen LogP contribution in [0.2, 0.25) is 0 Å². The van der Waals surface area contributed by atoms with Crippen LogP contribution in [0.15, 0.2) is 42.5 Å². The second-order valence-corrected chi connectivity index (χ2v) is 9.67. The van der Waals surface area contributed by atoms with E-state index in [4.69, 9.17) is 9.47 Å². The largest absolute Gasteiger partial charge is 0.422 e. The summed E-state index contributed by atoms with van der Waals surface area (Å²) < 4.78 is 92.9. The van der Waals surface area contributed by atoms with Crippen LogP contribution < -0.4 is 0 Å². The number of rotatable bonds is 9. The molecule has 200 valence electrons. The first-order chi connectivity index (χ1) is 17.7. The molecule has 37 heavy (non-hydrogen) atoms. The van der Waals surface area contributed by atoms with Crippen LogP contribution in [-0.2, 0) is 34.9 Å². The van der Waals surface area contributed by atoms with E-state index in [1.165, 1.54) is 6.42 Å². The molecule has 1 aliphatic rings. The Morgan fingerprint density at radius 1 is 0.811 bits per heavy atom. The Bertz CT molecular complexity index is 1190. The van der Waals surface area contributed by atoms with E-state index in [0.717, 1.165) is 23.8 Å². The van der Waals surface area contributed by atoms with Crippen molar-refractivity contribution in [2.75, 3.05) is 13.2 Å². The molecule has 0 aromatic heterocycles. The van der Waals surface area contributed by atoms with Gasteiger partial charge >= 0.3 is 6.18 Å². The highest BCUT2D eigenvalue weighted by atomic mass is 19.4. The van der Waals surface area contributed by atoms with Gasteiger partial charge in [0.15, 0.2) is 6.29 Å². The molecule has 8 heteroatoms. The van der Waals surface area contributed by atoms with Crippen LogP contribution in [-0.4, -0.2) is 19.5 Å². The Hall–Kier alpha value is -2.58. The minimum Gasteiger partial charge on any atom is -0.352 e. The summed E-state index contributed by atoms with van der Waals surface area (Å²) >= 11 is 0. The molecule has 0 bridgehead atoms. The Labute approximate surface area is 212 Å². The molecule has 0 unspecified atom stereocenters. The van der Waals surface area contributed by atoms with Gasteiger partial charge in [-0.15, -0.1) is 0 Å². The van der Waals surface area contributed by atoms with Gasteiger partial charge in [0.2, 0.25) is 0 Å². The first-order valence-electron chi connectivity index (χ1n) is 12.6. The van der Waals surface area contributed by atoms with E-state index in [9.17, 15) is 22.0 Å². The van der Waals surface area contributed by atoms with E-state index >= 15 is 4.39 Å². The van der Waals surface area contributed by atoms with E-state index in [1.807, 2.05) is 12.1 Å². The molecule has 0 aliphatic carbocycles. The maximum atomic E-state index is 15.1. The standard InChI is InChI=1S/C29H30F6O2/c1-2-3-4-20-16-36-26(37-17-20)12-7-18-6-11-23-22(13-18)10-9-21(28(23)32)8-5-19-14-24(30)27(25(31)15-19)29(33,34)35/h6,9-11,13-15,20,26H,2-5,7-8,12,16-17H2,1H3. The molecule has 0 atom stereocenters. The maximum Gasteiger partial charge on any atom is 0.422 e. The summed E-state index contributed by atoms with van der Waals surface area (Å²) in [5.41, 5.74) is -0.540. The molecule has 1 fully saturated rings. The number of fused-ring (bicyclic) bond motifs is 1. The molecule has 0 N–H and O–H groups in total. The summed E-state index contributed by atoms with van der Waals surface area (Å²) in [6.07, 6.45) is -0.429. The predicted octanol–water partition coefficient (Wildman–Crippen LogP) is 8.17. The molecule has 0 saturated carbocycles. The number of hydrogen-bond acceptors (Lipinski definition) is 2. The average molecular weight is 525 g/mol. The zero-order chi connectivity index (χ0) is 26.6. The zero-order valence-electron chi connectivity index (χ0n) is 20.6. The Balaban J connectivity index is 1.37. The molecule has 1 saturated heterocycles. The minimum atomic E-state index is -5.12. The van der Waals surface area contributed by atoms with Gasteiger partial charge in [0.1, 0.15) is 23.0 Å². The smallest absolute Gasteiger partial charge is 0.352 e. The molecule has 1 heterocycles. The van der Waals surface area contributed by atoms with Crippen molar-refractivity contribution in [3.63, 3.8) is 0 Å². The summed E-state index contributed by atoms with van der Waals surface area (Å²) in [6.45, 7) is 3.59. The fraction of sp³-hybridized carbons (Fsp3) is 0.448. The average Bonchev–Trinajstić information content (AvgIpc) is 2.85. The molecule has 0 amide bonds. The van der Waals surface area contributed by atoms with Gasteiger partial charge in [-0.1, -0.05) is 50.1 Å². The van der Waals surface area contributed by atoms with Gasteiger partial charge in [-0.05, 0) is 59.9 Å². The fourth-order valence-electron chi connectivity index (χ4n) is 4.75. The third kappa shape index (κ3) is 6.85. The van der Waals surface area contributed by atoms with Crippen molar-refractivity contribution in [1.29, 1.82) is 0 Å². The number of hydrogen-bond donors (Lipinski definition) is 0. The minimum absolute atomic E-state index is 0.00677. The normalized spacial score (nSPS) is 18.5. The number of ether oxygens (including phenoxy) is 2. The second kappa shape index (κ2) is 11.9. The molecule has 0 radical (unpaired) electrons. The van der Waals surface area contributed by atoms with Crippen molar-refractivity contribution in [3.05, 3.63) is 82.2 Å². The van der Waals surface area contributed by atoms with Crippen molar-refractivity contribution in [2.45, 2.75) is 64.3 Å². The van der Waals surface area contributed by atoms with E-state index < -0.39 is 29.2 Å². The molecular formula is C29H30F6O2. The van der Waals surface area contributed by atoms with Crippen LogP contribution in [0.5, 0.6) is 0 Å². The van der Waals surface area contributed by atoms with Gasteiger partial charge in [-0.3, -0.25) is 0 Å². The SMILES string of the molecule is CCCCC1COC(CCc2ccc3c(F)c(CCc4cc(F)c(C(F)(F)F)c(F)c4)ccc3c2)OC1. The maximum absolute atomic E-state index is 15.1. The van der Waals surface area contributed by atoms with E-state index in [0.29, 0.717) is 55.1 Å². The second-order valence-electron chi connectivity index (χ2n) is 9.67. The van der Waals surface area contributed by atoms with Crippen LogP contribution in [0.25, 0.3) is 10.8 Å². The zero-order valence-corrected chi connectivity index (χ0v) is 20.6. The summed E-state index contributed by atoms with van der Waals surface area (Å²) in [5.74, 6) is -3.34. The highest BCUT2D eigenvalue weighted by molar-refractivity contribution is 5.84. The van der Waals surface area contributed by atoms with Gasteiger partial charge in [-0.25, -0.2) is 13.2 Å². The van der Waals surface area contributed by atoms with Crippen molar-refractivity contribution >= 4 is 10.8 Å². The summed E-state index contributed by atoms with van der Waals surface area (Å²) in [6, 6.07) is 10.1. The lowest BCUT2D eigenvalue weighted by Gasteiger charge is -2.29. The number of alkyl halides is 3. The fourth-order valence-corrected chi connectivity index (χ4v) is 4.75. The topological polar surface area (TPSA) is 18.5 Å². The van der Waals surface area contributed by atoms with E-state index in [1.54, 1.807) is 18.2 Å². The predicted molar refractivity (Wildman–Crippen MR) is 130 cm³/mol. The Morgan fingerprint density at radius 2 is 1.51 bits per heavy atom. The quantitative estimate of drug-likeness (QED) is 0.263. The number of aryl methyl sites for hydroxylation is 3.